The normalized spacial score (nSPS) is 9.75. The number of rotatable bonds is 1. The topological polar surface area (TPSA) is 56.6 Å². The second kappa shape index (κ2) is 4.21. The number of aromatic nitrogens is 1. The van der Waals surface area contributed by atoms with Gasteiger partial charge in [-0.1, -0.05) is 23.7 Å². The molecular weight excluding hydrogens is 224 g/mol. The molecule has 1 aromatic carbocycles. The third kappa shape index (κ3) is 1.97. The van der Waals surface area contributed by atoms with Crippen LogP contribution in [0, 0.1) is 11.3 Å². The average Bonchev–Trinajstić information content (AvgIpc) is 2.29. The predicted octanol–water partition coefficient (Wildman–Crippen LogP) is 2.57. The molecule has 78 valence electrons. The largest absolute Gasteiger partial charge is 0.322 e. The number of nitrogens with one attached hydrogen (secondary N) is 1. The van der Waals surface area contributed by atoms with Gasteiger partial charge in [-0.15, -0.1) is 0 Å². The van der Waals surface area contributed by atoms with Crippen LogP contribution < -0.4 is 5.56 Å². The van der Waals surface area contributed by atoms with Gasteiger partial charge in [-0.05, 0) is 23.8 Å². The molecule has 0 amide bonds. The first-order valence-corrected chi connectivity index (χ1v) is 4.98. The Morgan fingerprint density at radius 2 is 2.06 bits per heavy atom. The van der Waals surface area contributed by atoms with Crippen molar-refractivity contribution in [1.82, 2.24) is 4.98 Å². The van der Waals surface area contributed by atoms with Crippen LogP contribution in [0.4, 0.5) is 0 Å². The molecule has 0 atom stereocenters. The van der Waals surface area contributed by atoms with Gasteiger partial charge in [0, 0.05) is 11.8 Å². The van der Waals surface area contributed by atoms with Crippen LogP contribution in [0.25, 0.3) is 11.3 Å². The van der Waals surface area contributed by atoms with Crippen LogP contribution in [-0.4, -0.2) is 4.98 Å². The van der Waals surface area contributed by atoms with E-state index in [1.165, 1.54) is 6.07 Å². The van der Waals surface area contributed by atoms with E-state index in [1.54, 1.807) is 30.3 Å². The summed E-state index contributed by atoms with van der Waals surface area (Å²) in [5, 5.41) is 9.24. The fourth-order valence-electron chi connectivity index (χ4n) is 1.39. The van der Waals surface area contributed by atoms with Gasteiger partial charge in [-0.2, -0.15) is 5.26 Å². The molecule has 0 aliphatic rings. The van der Waals surface area contributed by atoms with Gasteiger partial charge >= 0.3 is 0 Å². The number of hydrogen-bond donors (Lipinski definition) is 1. The van der Waals surface area contributed by atoms with Gasteiger partial charge in [0.2, 0.25) is 5.56 Å². The highest BCUT2D eigenvalue weighted by atomic mass is 35.5. The van der Waals surface area contributed by atoms with E-state index in [0.717, 1.165) is 5.56 Å². The first kappa shape index (κ1) is 10.5. The van der Waals surface area contributed by atoms with Crippen molar-refractivity contribution < 1.29 is 0 Å². The quantitative estimate of drug-likeness (QED) is 0.819. The third-order valence-corrected chi connectivity index (χ3v) is 2.50. The highest BCUT2D eigenvalue weighted by Gasteiger charge is 2.03. The number of aromatic amines is 1. The zero-order valence-electron chi connectivity index (χ0n) is 8.20. The SMILES string of the molecule is N#Cc1cc(-c2cccc(=O)[nH]2)ccc1Cl. The Labute approximate surface area is 96.9 Å². The van der Waals surface area contributed by atoms with Crippen molar-refractivity contribution in [3.63, 3.8) is 0 Å². The Morgan fingerprint density at radius 3 is 2.75 bits per heavy atom. The monoisotopic (exact) mass is 230 g/mol. The van der Waals surface area contributed by atoms with Gasteiger partial charge in [-0.25, -0.2) is 0 Å². The van der Waals surface area contributed by atoms with E-state index in [4.69, 9.17) is 16.9 Å². The number of H-pyrrole nitrogens is 1. The standard InChI is InChI=1S/C12H7ClN2O/c13-10-5-4-8(6-9(10)7-14)11-2-1-3-12(16)15-11/h1-6H,(H,15,16). The van der Waals surface area contributed by atoms with Crippen molar-refractivity contribution in [3.05, 3.63) is 57.3 Å². The van der Waals surface area contributed by atoms with Crippen molar-refractivity contribution in [2.24, 2.45) is 0 Å². The zero-order valence-corrected chi connectivity index (χ0v) is 8.95. The summed E-state index contributed by atoms with van der Waals surface area (Å²) in [6, 6.07) is 11.9. The van der Waals surface area contributed by atoms with Gasteiger partial charge in [0.25, 0.3) is 0 Å². The molecule has 0 saturated heterocycles. The summed E-state index contributed by atoms with van der Waals surface area (Å²) in [5.74, 6) is 0. The van der Waals surface area contributed by atoms with Gasteiger partial charge < -0.3 is 4.98 Å². The molecule has 2 rings (SSSR count). The second-order valence-corrected chi connectivity index (χ2v) is 3.64. The minimum Gasteiger partial charge on any atom is -0.322 e. The lowest BCUT2D eigenvalue weighted by Crippen LogP contribution is -2.03. The van der Waals surface area contributed by atoms with E-state index in [1.807, 2.05) is 6.07 Å². The van der Waals surface area contributed by atoms with Gasteiger partial charge in [0.15, 0.2) is 0 Å². The van der Waals surface area contributed by atoms with Crippen LogP contribution in [0.3, 0.4) is 0 Å². The molecule has 4 heteroatoms. The lowest BCUT2D eigenvalue weighted by atomic mass is 10.1. The number of benzene rings is 1. The molecular formula is C12H7ClN2O. The molecule has 0 unspecified atom stereocenters. The molecule has 16 heavy (non-hydrogen) atoms. The van der Waals surface area contributed by atoms with Crippen molar-refractivity contribution >= 4 is 11.6 Å². The molecule has 0 fully saturated rings. The Balaban J connectivity index is 2.58. The predicted molar refractivity (Wildman–Crippen MR) is 62.2 cm³/mol. The summed E-state index contributed by atoms with van der Waals surface area (Å²) in [5.41, 5.74) is 1.65. The molecule has 0 spiro atoms. The Hall–Kier alpha value is -2.05. The summed E-state index contributed by atoms with van der Waals surface area (Å²) < 4.78 is 0. The van der Waals surface area contributed by atoms with Crippen molar-refractivity contribution in [2.45, 2.75) is 0 Å². The summed E-state index contributed by atoms with van der Waals surface area (Å²) in [4.78, 5) is 13.8. The van der Waals surface area contributed by atoms with Gasteiger partial charge in [0.05, 0.1) is 10.6 Å². The number of pyridine rings is 1. The minimum absolute atomic E-state index is 0.175. The van der Waals surface area contributed by atoms with E-state index < -0.39 is 0 Å². The highest BCUT2D eigenvalue weighted by Crippen LogP contribution is 2.22. The maximum Gasteiger partial charge on any atom is 0.248 e. The van der Waals surface area contributed by atoms with E-state index in [-0.39, 0.29) is 5.56 Å². The maximum absolute atomic E-state index is 11.1. The average molecular weight is 231 g/mol. The lowest BCUT2D eigenvalue weighted by Gasteiger charge is -2.02. The fraction of sp³-hybridized carbons (Fsp3) is 0. The molecule has 0 aliphatic carbocycles. The summed E-state index contributed by atoms with van der Waals surface area (Å²) >= 11 is 5.82. The van der Waals surface area contributed by atoms with Crippen LogP contribution in [0.1, 0.15) is 5.56 Å². The second-order valence-electron chi connectivity index (χ2n) is 3.24. The Kier molecular flexibility index (Phi) is 2.76. The Morgan fingerprint density at radius 1 is 1.25 bits per heavy atom. The smallest absolute Gasteiger partial charge is 0.248 e. The Bertz CT molecular complexity index is 625. The van der Waals surface area contributed by atoms with Gasteiger partial charge in [0.1, 0.15) is 6.07 Å². The molecule has 0 bridgehead atoms. The molecule has 0 radical (unpaired) electrons. The molecule has 1 N–H and O–H groups in total. The summed E-state index contributed by atoms with van der Waals surface area (Å²) in [6.07, 6.45) is 0. The first-order chi connectivity index (χ1) is 7.70. The van der Waals surface area contributed by atoms with Gasteiger partial charge in [-0.3, -0.25) is 4.79 Å². The number of halogens is 1. The van der Waals surface area contributed by atoms with E-state index in [2.05, 4.69) is 4.98 Å². The van der Waals surface area contributed by atoms with Crippen LogP contribution >= 0.6 is 11.6 Å². The van der Waals surface area contributed by atoms with Crippen LogP contribution in [0.2, 0.25) is 5.02 Å². The molecule has 1 aromatic heterocycles. The van der Waals surface area contributed by atoms with Crippen LogP contribution in [-0.2, 0) is 0 Å². The molecule has 0 saturated carbocycles. The van der Waals surface area contributed by atoms with Crippen LogP contribution in [0.15, 0.2) is 41.2 Å². The third-order valence-electron chi connectivity index (χ3n) is 2.17. The zero-order chi connectivity index (χ0) is 11.5. The van der Waals surface area contributed by atoms with Crippen molar-refractivity contribution in [1.29, 1.82) is 5.26 Å². The molecule has 2 aromatic rings. The maximum atomic E-state index is 11.1. The summed E-state index contributed by atoms with van der Waals surface area (Å²) in [6.45, 7) is 0. The molecule has 3 nitrogen and oxygen atoms in total. The van der Waals surface area contributed by atoms with Crippen molar-refractivity contribution in [2.75, 3.05) is 0 Å². The lowest BCUT2D eigenvalue weighted by molar-refractivity contribution is 1.24. The first-order valence-electron chi connectivity index (χ1n) is 4.60. The van der Waals surface area contributed by atoms with E-state index in [0.29, 0.717) is 16.3 Å². The number of nitriles is 1. The van der Waals surface area contributed by atoms with Crippen LogP contribution in [0.5, 0.6) is 0 Å². The molecule has 1 heterocycles. The molecule has 0 aliphatic heterocycles. The highest BCUT2D eigenvalue weighted by molar-refractivity contribution is 6.31. The van der Waals surface area contributed by atoms with E-state index >= 15 is 0 Å². The van der Waals surface area contributed by atoms with Crippen molar-refractivity contribution in [3.8, 4) is 17.3 Å². The number of hydrogen-bond acceptors (Lipinski definition) is 2. The summed E-state index contributed by atoms with van der Waals surface area (Å²) in [7, 11) is 0. The minimum atomic E-state index is -0.175. The fourth-order valence-corrected chi connectivity index (χ4v) is 1.55. The van der Waals surface area contributed by atoms with E-state index in [9.17, 15) is 4.79 Å². The number of nitrogens with zero attached hydrogens (tertiary/aromatic N) is 1.